The largest absolute Gasteiger partial charge is 0.416 e. The second-order valence-electron chi connectivity index (χ2n) is 8.42. The minimum absolute atomic E-state index is 0.0853. The highest BCUT2D eigenvalue weighted by atomic mass is 19.4. The van der Waals surface area contributed by atoms with E-state index in [1.807, 2.05) is 4.90 Å². The van der Waals surface area contributed by atoms with Gasteiger partial charge < -0.3 is 16.0 Å². The molecule has 0 bridgehead atoms. The molecule has 2 fully saturated rings. The summed E-state index contributed by atoms with van der Waals surface area (Å²) < 4.78 is 38.8. The van der Waals surface area contributed by atoms with E-state index < -0.39 is 17.6 Å². The van der Waals surface area contributed by atoms with Gasteiger partial charge in [0.25, 0.3) is 0 Å². The van der Waals surface area contributed by atoms with Gasteiger partial charge in [-0.1, -0.05) is 18.9 Å². The average molecular weight is 441 g/mol. The summed E-state index contributed by atoms with van der Waals surface area (Å²) in [7, 11) is 0. The summed E-state index contributed by atoms with van der Waals surface area (Å²) in [5.74, 6) is -1.16. The highest BCUT2D eigenvalue weighted by Crippen LogP contribution is 2.32. The van der Waals surface area contributed by atoms with Crippen molar-refractivity contribution in [2.24, 2.45) is 17.6 Å². The van der Waals surface area contributed by atoms with Gasteiger partial charge in [0.1, 0.15) is 0 Å². The molecule has 6 nitrogen and oxygen atoms in total. The summed E-state index contributed by atoms with van der Waals surface area (Å²) in [6.45, 7) is 4.19. The third-order valence-electron chi connectivity index (χ3n) is 6.33. The van der Waals surface area contributed by atoms with E-state index in [0.29, 0.717) is 38.2 Å². The summed E-state index contributed by atoms with van der Waals surface area (Å²) in [5.41, 5.74) is 5.42. The quantitative estimate of drug-likeness (QED) is 0.639. The molecule has 1 aromatic carbocycles. The molecule has 1 aliphatic carbocycles. The Morgan fingerprint density at radius 2 is 1.74 bits per heavy atom. The first kappa shape index (κ1) is 23.4. The van der Waals surface area contributed by atoms with Crippen LogP contribution in [-0.4, -0.2) is 56.0 Å². The van der Waals surface area contributed by atoms with Gasteiger partial charge in [0.2, 0.25) is 11.8 Å². The van der Waals surface area contributed by atoms with Crippen LogP contribution in [0, 0.1) is 11.8 Å². The molecule has 1 saturated heterocycles. The van der Waals surface area contributed by atoms with Crippen LogP contribution in [0.4, 0.5) is 18.9 Å². The summed E-state index contributed by atoms with van der Waals surface area (Å²) in [6, 6.07) is 5.45. The Hall–Kier alpha value is -2.29. The number of nitrogens with one attached hydrogen (secondary N) is 1. The molecular formula is C22H31F3N4O2. The fraction of sp³-hybridized carbons (Fsp3) is 0.636. The predicted molar refractivity (Wildman–Crippen MR) is 112 cm³/mol. The van der Waals surface area contributed by atoms with Crippen molar-refractivity contribution in [1.29, 1.82) is 0 Å². The summed E-state index contributed by atoms with van der Waals surface area (Å²) in [5, 5.41) is 2.94. The van der Waals surface area contributed by atoms with Crippen LogP contribution in [0.15, 0.2) is 24.3 Å². The minimum atomic E-state index is -4.34. The number of carbonyl (C=O) groups is 2. The molecule has 2 aliphatic rings. The van der Waals surface area contributed by atoms with E-state index in [-0.39, 0.29) is 17.7 Å². The van der Waals surface area contributed by atoms with Gasteiger partial charge in [0.15, 0.2) is 0 Å². The van der Waals surface area contributed by atoms with E-state index in [4.69, 9.17) is 5.73 Å². The first-order valence-corrected chi connectivity index (χ1v) is 11.0. The van der Waals surface area contributed by atoms with Crippen LogP contribution in [0.3, 0.4) is 0 Å². The number of hydrogen-bond acceptors (Lipinski definition) is 4. The Balaban J connectivity index is 1.38. The maximum Gasteiger partial charge on any atom is 0.416 e. The highest BCUT2D eigenvalue weighted by Gasteiger charge is 2.34. The summed E-state index contributed by atoms with van der Waals surface area (Å²) in [4.78, 5) is 28.2. The lowest BCUT2D eigenvalue weighted by Gasteiger charge is -2.36. The third-order valence-corrected chi connectivity index (χ3v) is 6.33. The molecule has 3 N–H and O–H groups in total. The fourth-order valence-electron chi connectivity index (χ4n) is 4.54. The lowest BCUT2D eigenvalue weighted by molar-refractivity contribution is -0.137. The lowest BCUT2D eigenvalue weighted by atomic mass is 9.78. The lowest BCUT2D eigenvalue weighted by Crippen LogP contribution is -2.47. The van der Waals surface area contributed by atoms with Gasteiger partial charge in [-0.15, -0.1) is 0 Å². The normalized spacial score (nSPS) is 22.9. The number of nitrogens with zero attached hydrogens (tertiary/aromatic N) is 2. The summed E-state index contributed by atoms with van der Waals surface area (Å²) in [6.07, 6.45) is -0.289. The number of hydrogen-bond donors (Lipinski definition) is 2. The first-order chi connectivity index (χ1) is 14.8. The molecule has 31 heavy (non-hydrogen) atoms. The minimum Gasteiger partial charge on any atom is -0.369 e. The zero-order chi connectivity index (χ0) is 22.4. The van der Waals surface area contributed by atoms with Crippen molar-refractivity contribution in [2.75, 3.05) is 44.2 Å². The van der Waals surface area contributed by atoms with Gasteiger partial charge >= 0.3 is 6.18 Å². The van der Waals surface area contributed by atoms with Crippen LogP contribution >= 0.6 is 0 Å². The second-order valence-corrected chi connectivity index (χ2v) is 8.42. The van der Waals surface area contributed by atoms with Crippen LogP contribution < -0.4 is 16.0 Å². The molecule has 2 amide bonds. The van der Waals surface area contributed by atoms with Crippen LogP contribution in [0.25, 0.3) is 0 Å². The molecule has 1 saturated carbocycles. The Bertz CT molecular complexity index is 763. The van der Waals surface area contributed by atoms with E-state index in [1.165, 1.54) is 12.1 Å². The summed E-state index contributed by atoms with van der Waals surface area (Å²) >= 11 is 0. The number of carbonyl (C=O) groups excluding carboxylic acids is 2. The highest BCUT2D eigenvalue weighted by molar-refractivity contribution is 5.87. The number of rotatable bonds is 7. The molecule has 2 unspecified atom stereocenters. The maximum absolute atomic E-state index is 12.9. The van der Waals surface area contributed by atoms with Crippen LogP contribution in [-0.2, 0) is 15.8 Å². The maximum atomic E-state index is 12.9. The van der Waals surface area contributed by atoms with E-state index in [1.54, 1.807) is 6.07 Å². The molecule has 172 valence electrons. The zero-order valence-electron chi connectivity index (χ0n) is 17.7. The Labute approximate surface area is 180 Å². The molecule has 0 radical (unpaired) electrons. The van der Waals surface area contributed by atoms with E-state index >= 15 is 0 Å². The second kappa shape index (κ2) is 10.3. The number of nitrogens with two attached hydrogens (primary N) is 1. The van der Waals surface area contributed by atoms with Crippen molar-refractivity contribution in [3.8, 4) is 0 Å². The Morgan fingerprint density at radius 1 is 1.06 bits per heavy atom. The Morgan fingerprint density at radius 3 is 2.39 bits per heavy atom. The molecule has 1 heterocycles. The SMILES string of the molecule is NC(=O)C1CCCCC1C(=O)NCCCN1CCN(c2cccc(C(F)(F)F)c2)CC1. The van der Waals surface area contributed by atoms with Crippen molar-refractivity contribution < 1.29 is 22.8 Å². The number of alkyl halides is 3. The predicted octanol–water partition coefficient (Wildman–Crippen LogP) is 2.63. The van der Waals surface area contributed by atoms with Crippen LogP contribution in [0.2, 0.25) is 0 Å². The van der Waals surface area contributed by atoms with Crippen LogP contribution in [0.1, 0.15) is 37.7 Å². The van der Waals surface area contributed by atoms with E-state index in [0.717, 1.165) is 45.0 Å². The number of benzene rings is 1. The number of amides is 2. The standard InChI is InChI=1S/C22H31F3N4O2/c23-22(24,25)16-5-3-6-17(15-16)29-13-11-28(12-14-29)10-4-9-27-21(31)19-8-2-1-7-18(19)20(26)30/h3,5-6,15,18-19H,1-2,4,7-14H2,(H2,26,30)(H,27,31). The molecule has 3 rings (SSSR count). The van der Waals surface area contributed by atoms with E-state index in [9.17, 15) is 22.8 Å². The van der Waals surface area contributed by atoms with Crippen LogP contribution in [0.5, 0.6) is 0 Å². The zero-order valence-corrected chi connectivity index (χ0v) is 17.7. The number of anilines is 1. The van der Waals surface area contributed by atoms with Crippen molar-refractivity contribution in [3.05, 3.63) is 29.8 Å². The van der Waals surface area contributed by atoms with Gasteiger partial charge in [0, 0.05) is 50.2 Å². The van der Waals surface area contributed by atoms with Gasteiger partial charge in [-0.25, -0.2) is 0 Å². The monoisotopic (exact) mass is 440 g/mol. The van der Waals surface area contributed by atoms with E-state index in [2.05, 4.69) is 10.2 Å². The molecule has 0 aromatic heterocycles. The fourth-order valence-corrected chi connectivity index (χ4v) is 4.54. The molecule has 0 spiro atoms. The third kappa shape index (κ3) is 6.35. The van der Waals surface area contributed by atoms with Gasteiger partial charge in [-0.3, -0.25) is 14.5 Å². The smallest absolute Gasteiger partial charge is 0.369 e. The average Bonchev–Trinajstić information content (AvgIpc) is 2.76. The van der Waals surface area contributed by atoms with Gasteiger partial charge in [-0.2, -0.15) is 13.2 Å². The number of piperazine rings is 1. The molecule has 9 heteroatoms. The van der Waals surface area contributed by atoms with Crippen molar-refractivity contribution >= 4 is 17.5 Å². The van der Waals surface area contributed by atoms with Crippen molar-refractivity contribution in [3.63, 3.8) is 0 Å². The number of halogens is 3. The molecular weight excluding hydrogens is 409 g/mol. The van der Waals surface area contributed by atoms with Gasteiger partial charge in [0.05, 0.1) is 5.56 Å². The van der Waals surface area contributed by atoms with Gasteiger partial charge in [-0.05, 0) is 44.0 Å². The molecule has 2 atom stereocenters. The number of primary amides is 1. The Kier molecular flexibility index (Phi) is 7.80. The molecule has 1 aliphatic heterocycles. The first-order valence-electron chi connectivity index (χ1n) is 11.0. The van der Waals surface area contributed by atoms with Crippen molar-refractivity contribution in [1.82, 2.24) is 10.2 Å². The molecule has 1 aromatic rings. The van der Waals surface area contributed by atoms with Crippen molar-refractivity contribution in [2.45, 2.75) is 38.3 Å². The topological polar surface area (TPSA) is 78.7 Å².